The highest BCUT2D eigenvalue weighted by molar-refractivity contribution is 7.88. The summed E-state index contributed by atoms with van der Waals surface area (Å²) in [5.41, 5.74) is 2.60. The molecule has 0 aliphatic carbocycles. The van der Waals surface area contributed by atoms with E-state index in [0.717, 1.165) is 5.56 Å². The van der Waals surface area contributed by atoms with Crippen molar-refractivity contribution in [2.24, 2.45) is 0 Å². The molecule has 3 aliphatic heterocycles. The lowest BCUT2D eigenvalue weighted by molar-refractivity contribution is -0.0420. The Morgan fingerprint density at radius 2 is 1.90 bits per heavy atom. The third kappa shape index (κ3) is 5.42. The molecule has 15 heteroatoms. The number of halogens is 1. The molecule has 0 N–H and O–H groups in total. The molecule has 3 aromatic rings. The Labute approximate surface area is 252 Å². The second kappa shape index (κ2) is 11.0. The summed E-state index contributed by atoms with van der Waals surface area (Å²) in [6.07, 6.45) is 3.73. The first-order valence-corrected chi connectivity index (χ1v) is 18.6. The Morgan fingerprint density at radius 1 is 1.19 bits per heavy atom. The number of ether oxygens (including phenoxy) is 4. The van der Waals surface area contributed by atoms with Gasteiger partial charge in [-0.15, -0.1) is 6.58 Å². The molecule has 0 spiro atoms. The largest absolute Gasteiger partial charge is 0.456 e. The SMILES string of the molecule is C=CCn1c(O[C@@H]2CO[C@@H]3[C@@H]2OC[C@H]3OCC(C)(C)[Si](C)C)nc2nc(-n3cc4c(n3)CN(S(C)(=O)=O)C4)c(Cl)cc21. The topological polar surface area (TPSA) is 123 Å². The maximum Gasteiger partial charge on any atom is 0.299 e. The molecule has 6 heterocycles. The fraction of sp³-hybridized carbons (Fsp3) is 0.593. The lowest BCUT2D eigenvalue weighted by Crippen LogP contribution is -2.37. The van der Waals surface area contributed by atoms with Gasteiger partial charge in [0.1, 0.15) is 18.3 Å². The Hall–Kier alpha value is -2.33. The highest BCUT2D eigenvalue weighted by Crippen LogP contribution is 2.36. The zero-order chi connectivity index (χ0) is 30.0. The van der Waals surface area contributed by atoms with Crippen LogP contribution >= 0.6 is 11.6 Å². The van der Waals surface area contributed by atoms with Crippen LogP contribution in [0.3, 0.4) is 0 Å². The number of allylic oxidation sites excluding steroid dienone is 1. The minimum absolute atomic E-state index is 0.139. The maximum atomic E-state index is 11.9. The van der Waals surface area contributed by atoms with Crippen molar-refractivity contribution in [3.8, 4) is 11.8 Å². The first-order valence-electron chi connectivity index (χ1n) is 13.9. The molecule has 4 atom stereocenters. The van der Waals surface area contributed by atoms with Gasteiger partial charge in [-0.1, -0.05) is 44.6 Å². The van der Waals surface area contributed by atoms with Crippen LogP contribution in [0.15, 0.2) is 24.9 Å². The number of rotatable bonds is 10. The van der Waals surface area contributed by atoms with E-state index in [1.807, 2.05) is 4.57 Å². The lowest BCUT2D eigenvalue weighted by atomic mass is 10.1. The molecule has 0 unspecified atom stereocenters. The minimum atomic E-state index is -3.31. The van der Waals surface area contributed by atoms with Gasteiger partial charge in [0.15, 0.2) is 17.6 Å². The molecule has 0 amide bonds. The lowest BCUT2D eigenvalue weighted by Gasteiger charge is -2.30. The number of hydrogen-bond donors (Lipinski definition) is 0. The molecule has 12 nitrogen and oxygen atoms in total. The summed E-state index contributed by atoms with van der Waals surface area (Å²) < 4.78 is 53.6. The summed E-state index contributed by atoms with van der Waals surface area (Å²) in [4.78, 5) is 9.42. The molecule has 227 valence electrons. The van der Waals surface area contributed by atoms with E-state index in [1.165, 1.54) is 10.6 Å². The van der Waals surface area contributed by atoms with Crippen LogP contribution in [0.4, 0.5) is 0 Å². The third-order valence-electron chi connectivity index (χ3n) is 8.42. The second-order valence-corrected chi connectivity index (χ2v) is 17.7. The number of sulfonamides is 1. The Morgan fingerprint density at radius 3 is 2.57 bits per heavy atom. The van der Waals surface area contributed by atoms with E-state index < -0.39 is 18.8 Å². The van der Waals surface area contributed by atoms with Gasteiger partial charge in [0.2, 0.25) is 10.0 Å². The first kappa shape index (κ1) is 29.7. The van der Waals surface area contributed by atoms with Gasteiger partial charge < -0.3 is 18.9 Å². The van der Waals surface area contributed by atoms with Crippen LogP contribution in [0.5, 0.6) is 6.01 Å². The van der Waals surface area contributed by atoms with Crippen molar-refractivity contribution in [2.45, 2.75) is 76.0 Å². The summed E-state index contributed by atoms with van der Waals surface area (Å²) in [6.45, 7) is 15.4. The number of aromatic nitrogens is 5. The fourth-order valence-electron chi connectivity index (χ4n) is 5.29. The fourth-order valence-corrected chi connectivity index (χ4v) is 6.62. The van der Waals surface area contributed by atoms with Crippen LogP contribution in [0.2, 0.25) is 23.2 Å². The van der Waals surface area contributed by atoms with Gasteiger partial charge in [-0.25, -0.2) is 18.1 Å². The predicted octanol–water partition coefficient (Wildman–Crippen LogP) is 3.20. The van der Waals surface area contributed by atoms with Crippen molar-refractivity contribution in [1.29, 1.82) is 0 Å². The molecule has 0 bridgehead atoms. The standard InChI is InChI=1S/C27H36ClN6O6SSi/c1-7-8-33-19-9-17(28)25(34-11-16-10-32(41(4,35)36)12-18(16)31-34)29-24(19)30-26(33)40-21-14-38-22-20(13-37-23(21)22)39-15-27(2,3)42(5)6/h7,9,11,20-23H,1,8,10,12-15H2,2-6H3/t20-,21-,22+,23-/m1/s1. The van der Waals surface area contributed by atoms with Crippen LogP contribution in [-0.4, -0.2) is 96.3 Å². The van der Waals surface area contributed by atoms with Crippen molar-refractivity contribution in [3.05, 3.63) is 41.2 Å². The predicted molar refractivity (Wildman–Crippen MR) is 159 cm³/mol. The quantitative estimate of drug-likeness (QED) is 0.244. The molecular weight excluding hydrogens is 600 g/mol. The van der Waals surface area contributed by atoms with Gasteiger partial charge in [-0.05, 0) is 11.1 Å². The maximum absolute atomic E-state index is 11.9. The van der Waals surface area contributed by atoms with E-state index in [2.05, 4.69) is 38.6 Å². The normalized spacial score (nSPS) is 24.5. The van der Waals surface area contributed by atoms with Crippen LogP contribution in [0.25, 0.3) is 17.0 Å². The minimum Gasteiger partial charge on any atom is -0.456 e. The molecule has 0 saturated carbocycles. The van der Waals surface area contributed by atoms with E-state index in [4.69, 9.17) is 40.5 Å². The van der Waals surface area contributed by atoms with Gasteiger partial charge in [-0.3, -0.25) is 4.57 Å². The number of pyridine rings is 1. The van der Waals surface area contributed by atoms with Gasteiger partial charge in [0, 0.05) is 31.5 Å². The van der Waals surface area contributed by atoms with Crippen LogP contribution in [-0.2, 0) is 43.9 Å². The zero-order valence-electron chi connectivity index (χ0n) is 24.4. The summed E-state index contributed by atoms with van der Waals surface area (Å²) in [5.74, 6) is 0.397. The molecule has 3 aliphatic rings. The summed E-state index contributed by atoms with van der Waals surface area (Å²) in [7, 11) is -3.83. The van der Waals surface area contributed by atoms with Gasteiger partial charge in [0.25, 0.3) is 6.01 Å². The van der Waals surface area contributed by atoms with Gasteiger partial charge in [0.05, 0.1) is 51.0 Å². The molecule has 1 radical (unpaired) electrons. The highest BCUT2D eigenvalue weighted by atomic mass is 35.5. The first-order chi connectivity index (χ1) is 19.9. The number of nitrogens with zero attached hydrogens (tertiary/aromatic N) is 6. The molecule has 0 aromatic carbocycles. The molecule has 2 saturated heterocycles. The Kier molecular flexibility index (Phi) is 7.78. The molecule has 3 aromatic heterocycles. The summed E-state index contributed by atoms with van der Waals surface area (Å²) >= 11 is 6.69. The zero-order valence-corrected chi connectivity index (χ0v) is 27.0. The van der Waals surface area contributed by atoms with E-state index in [1.54, 1.807) is 23.0 Å². The van der Waals surface area contributed by atoms with E-state index in [-0.39, 0.29) is 42.5 Å². The van der Waals surface area contributed by atoms with Crippen molar-refractivity contribution in [2.75, 3.05) is 26.1 Å². The second-order valence-electron chi connectivity index (χ2n) is 12.0. The Balaban J connectivity index is 1.22. The monoisotopic (exact) mass is 635 g/mol. The smallest absolute Gasteiger partial charge is 0.299 e. The Bertz CT molecular complexity index is 1600. The van der Waals surface area contributed by atoms with Crippen molar-refractivity contribution in [1.82, 2.24) is 28.6 Å². The number of fused-ring (bicyclic) bond motifs is 3. The van der Waals surface area contributed by atoms with E-state index in [9.17, 15) is 8.42 Å². The van der Waals surface area contributed by atoms with Crippen LogP contribution < -0.4 is 4.74 Å². The van der Waals surface area contributed by atoms with Gasteiger partial charge >= 0.3 is 0 Å². The van der Waals surface area contributed by atoms with Gasteiger partial charge in [-0.2, -0.15) is 14.4 Å². The number of hydrogen-bond acceptors (Lipinski definition) is 9. The molecule has 2 fully saturated rings. The highest BCUT2D eigenvalue weighted by Gasteiger charge is 2.50. The molecule has 42 heavy (non-hydrogen) atoms. The molecule has 6 rings (SSSR count). The average Bonchev–Trinajstić information content (AvgIpc) is 3.70. The summed E-state index contributed by atoms with van der Waals surface area (Å²) in [6, 6.07) is 2.14. The van der Waals surface area contributed by atoms with Crippen LogP contribution in [0.1, 0.15) is 25.1 Å². The molecular formula is C27H36ClN6O6SSi. The van der Waals surface area contributed by atoms with Crippen molar-refractivity contribution in [3.63, 3.8) is 0 Å². The van der Waals surface area contributed by atoms with E-state index >= 15 is 0 Å². The van der Waals surface area contributed by atoms with Crippen LogP contribution in [0, 0.1) is 0 Å². The van der Waals surface area contributed by atoms with Crippen molar-refractivity contribution < 1.29 is 27.4 Å². The van der Waals surface area contributed by atoms with Crippen molar-refractivity contribution >= 4 is 41.6 Å². The summed E-state index contributed by atoms with van der Waals surface area (Å²) in [5, 5.41) is 5.08. The number of imidazole rings is 1. The van der Waals surface area contributed by atoms with E-state index in [0.29, 0.717) is 60.1 Å². The third-order valence-corrected chi connectivity index (χ3v) is 12.7. The average molecular weight is 636 g/mol.